The number of hydrogen-bond donors (Lipinski definition) is 1. The number of nitrogen functional groups attached to an aromatic ring is 1. The Morgan fingerprint density at radius 3 is 2.53 bits per heavy atom. The Morgan fingerprint density at radius 2 is 2.07 bits per heavy atom. The van der Waals surface area contributed by atoms with Gasteiger partial charge in [0.05, 0.1) is 17.6 Å². The molecule has 0 aliphatic carbocycles. The van der Waals surface area contributed by atoms with E-state index in [1.807, 2.05) is 30.1 Å². The largest absolute Gasteiger partial charge is 0.396 e. The van der Waals surface area contributed by atoms with Gasteiger partial charge in [0.25, 0.3) is 0 Å². The predicted octanol–water partition coefficient (Wildman–Crippen LogP) is 0.259. The standard InChI is InChI=1S/C9H14N6/c1-6-8(10)4-11-15(6)5-9-13-12-7(2)14(9)3/h4H,5,10H2,1-3H3. The number of aryl methyl sites for hydroxylation is 1. The van der Waals surface area contributed by atoms with Crippen LogP contribution in [0.4, 0.5) is 5.69 Å². The summed E-state index contributed by atoms with van der Waals surface area (Å²) < 4.78 is 3.76. The van der Waals surface area contributed by atoms with Crippen molar-refractivity contribution >= 4 is 5.69 Å². The van der Waals surface area contributed by atoms with E-state index in [9.17, 15) is 0 Å². The van der Waals surface area contributed by atoms with Crippen LogP contribution in [0.3, 0.4) is 0 Å². The van der Waals surface area contributed by atoms with Crippen LogP contribution in [0, 0.1) is 13.8 Å². The van der Waals surface area contributed by atoms with Gasteiger partial charge in [-0.2, -0.15) is 5.10 Å². The van der Waals surface area contributed by atoms with E-state index in [1.165, 1.54) is 0 Å². The molecule has 6 nitrogen and oxygen atoms in total. The molecule has 0 aliphatic heterocycles. The summed E-state index contributed by atoms with van der Waals surface area (Å²) in [5.41, 5.74) is 7.37. The van der Waals surface area contributed by atoms with Crippen molar-refractivity contribution in [2.24, 2.45) is 7.05 Å². The van der Waals surface area contributed by atoms with Crippen molar-refractivity contribution in [3.05, 3.63) is 23.5 Å². The molecule has 2 heterocycles. The van der Waals surface area contributed by atoms with Gasteiger partial charge in [0, 0.05) is 7.05 Å². The SMILES string of the molecule is Cc1c(N)cnn1Cc1nnc(C)n1C. The second kappa shape index (κ2) is 3.38. The predicted molar refractivity (Wildman–Crippen MR) is 56.2 cm³/mol. The Kier molecular flexibility index (Phi) is 2.18. The summed E-state index contributed by atoms with van der Waals surface area (Å²) in [6.45, 7) is 4.45. The Morgan fingerprint density at radius 1 is 1.33 bits per heavy atom. The number of hydrogen-bond acceptors (Lipinski definition) is 4. The fourth-order valence-corrected chi connectivity index (χ4v) is 1.34. The van der Waals surface area contributed by atoms with Crippen molar-refractivity contribution in [1.29, 1.82) is 0 Å². The van der Waals surface area contributed by atoms with E-state index in [4.69, 9.17) is 5.73 Å². The first kappa shape index (κ1) is 9.70. The second-order valence-corrected chi connectivity index (χ2v) is 3.57. The minimum atomic E-state index is 0.598. The zero-order chi connectivity index (χ0) is 11.0. The molecule has 0 fully saturated rings. The third-order valence-electron chi connectivity index (χ3n) is 2.62. The summed E-state index contributed by atoms with van der Waals surface area (Å²) in [5, 5.41) is 12.2. The zero-order valence-electron chi connectivity index (χ0n) is 9.10. The molecule has 0 spiro atoms. The monoisotopic (exact) mass is 206 g/mol. The maximum absolute atomic E-state index is 5.71. The van der Waals surface area contributed by atoms with Crippen molar-refractivity contribution in [1.82, 2.24) is 24.5 Å². The average molecular weight is 206 g/mol. The van der Waals surface area contributed by atoms with Crippen LogP contribution in [0.1, 0.15) is 17.3 Å². The van der Waals surface area contributed by atoms with Crippen molar-refractivity contribution in [2.45, 2.75) is 20.4 Å². The summed E-state index contributed by atoms with van der Waals surface area (Å²) in [6.07, 6.45) is 1.65. The van der Waals surface area contributed by atoms with Gasteiger partial charge in [-0.1, -0.05) is 0 Å². The van der Waals surface area contributed by atoms with E-state index in [-0.39, 0.29) is 0 Å². The maximum atomic E-state index is 5.71. The van der Waals surface area contributed by atoms with Gasteiger partial charge in [-0.05, 0) is 13.8 Å². The number of nitrogens with two attached hydrogens (primary N) is 1. The van der Waals surface area contributed by atoms with Crippen LogP contribution in [0.5, 0.6) is 0 Å². The highest BCUT2D eigenvalue weighted by molar-refractivity contribution is 5.39. The lowest BCUT2D eigenvalue weighted by Gasteiger charge is -2.04. The Balaban J connectivity index is 2.29. The number of rotatable bonds is 2. The van der Waals surface area contributed by atoms with Crippen molar-refractivity contribution in [2.75, 3.05) is 5.73 Å². The van der Waals surface area contributed by atoms with Crippen molar-refractivity contribution in [3.63, 3.8) is 0 Å². The highest BCUT2D eigenvalue weighted by Gasteiger charge is 2.08. The van der Waals surface area contributed by atoms with Crippen LogP contribution in [0.15, 0.2) is 6.20 Å². The van der Waals surface area contributed by atoms with Crippen LogP contribution in [-0.2, 0) is 13.6 Å². The molecule has 0 atom stereocenters. The molecule has 0 amide bonds. The molecule has 0 saturated heterocycles. The molecular weight excluding hydrogens is 192 g/mol. The Bertz CT molecular complexity index is 437. The van der Waals surface area contributed by atoms with Crippen molar-refractivity contribution < 1.29 is 0 Å². The zero-order valence-corrected chi connectivity index (χ0v) is 9.10. The molecule has 0 saturated carbocycles. The van der Waals surface area contributed by atoms with Gasteiger partial charge in [-0.3, -0.25) is 4.68 Å². The van der Waals surface area contributed by atoms with E-state index in [2.05, 4.69) is 15.3 Å². The van der Waals surface area contributed by atoms with Crippen LogP contribution in [0.25, 0.3) is 0 Å². The number of nitrogens with zero attached hydrogens (tertiary/aromatic N) is 5. The molecule has 2 N–H and O–H groups in total. The first-order chi connectivity index (χ1) is 7.09. The van der Waals surface area contributed by atoms with Gasteiger partial charge in [-0.15, -0.1) is 10.2 Å². The molecule has 0 bridgehead atoms. The van der Waals surface area contributed by atoms with Crippen LogP contribution in [0.2, 0.25) is 0 Å². The molecule has 0 radical (unpaired) electrons. The van der Waals surface area contributed by atoms with Gasteiger partial charge in [0.15, 0.2) is 5.82 Å². The van der Waals surface area contributed by atoms with E-state index in [0.717, 1.165) is 17.3 Å². The van der Waals surface area contributed by atoms with E-state index in [0.29, 0.717) is 12.2 Å². The van der Waals surface area contributed by atoms with Gasteiger partial charge in [0.2, 0.25) is 0 Å². The molecule has 2 aromatic rings. The second-order valence-electron chi connectivity index (χ2n) is 3.57. The first-order valence-corrected chi connectivity index (χ1v) is 4.72. The summed E-state index contributed by atoms with van der Waals surface area (Å²) in [6, 6.07) is 0. The van der Waals surface area contributed by atoms with Crippen LogP contribution >= 0.6 is 0 Å². The summed E-state index contributed by atoms with van der Waals surface area (Å²) in [5.74, 6) is 1.77. The molecule has 80 valence electrons. The van der Waals surface area contributed by atoms with E-state index >= 15 is 0 Å². The molecule has 2 aromatic heterocycles. The molecule has 15 heavy (non-hydrogen) atoms. The fraction of sp³-hybridized carbons (Fsp3) is 0.444. The lowest BCUT2D eigenvalue weighted by Crippen LogP contribution is -2.09. The molecule has 2 rings (SSSR count). The minimum absolute atomic E-state index is 0.598. The lowest BCUT2D eigenvalue weighted by molar-refractivity contribution is 0.613. The van der Waals surface area contributed by atoms with Gasteiger partial charge in [-0.25, -0.2) is 0 Å². The van der Waals surface area contributed by atoms with Crippen LogP contribution < -0.4 is 5.73 Å². The highest BCUT2D eigenvalue weighted by Crippen LogP contribution is 2.10. The molecule has 0 unspecified atom stereocenters. The number of aromatic nitrogens is 5. The van der Waals surface area contributed by atoms with Crippen LogP contribution in [-0.4, -0.2) is 24.5 Å². The summed E-state index contributed by atoms with van der Waals surface area (Å²) >= 11 is 0. The smallest absolute Gasteiger partial charge is 0.154 e. The lowest BCUT2D eigenvalue weighted by atomic mass is 10.4. The molecule has 0 aliphatic rings. The highest BCUT2D eigenvalue weighted by atomic mass is 15.3. The molecule has 6 heteroatoms. The van der Waals surface area contributed by atoms with Gasteiger partial charge >= 0.3 is 0 Å². The average Bonchev–Trinajstić information content (AvgIpc) is 2.68. The van der Waals surface area contributed by atoms with Crippen molar-refractivity contribution in [3.8, 4) is 0 Å². The fourth-order valence-electron chi connectivity index (χ4n) is 1.34. The van der Waals surface area contributed by atoms with Gasteiger partial charge in [0.1, 0.15) is 12.4 Å². The third-order valence-corrected chi connectivity index (χ3v) is 2.62. The Hall–Kier alpha value is -1.85. The number of anilines is 1. The van der Waals surface area contributed by atoms with E-state index in [1.54, 1.807) is 6.20 Å². The molecular formula is C9H14N6. The quantitative estimate of drug-likeness (QED) is 0.764. The summed E-state index contributed by atoms with van der Waals surface area (Å²) in [7, 11) is 1.94. The maximum Gasteiger partial charge on any atom is 0.154 e. The van der Waals surface area contributed by atoms with E-state index < -0.39 is 0 Å². The van der Waals surface area contributed by atoms with Gasteiger partial charge < -0.3 is 10.3 Å². The molecule has 0 aromatic carbocycles. The minimum Gasteiger partial charge on any atom is -0.396 e. The normalized spacial score (nSPS) is 10.9. The third kappa shape index (κ3) is 1.58. The first-order valence-electron chi connectivity index (χ1n) is 4.72. The Labute approximate surface area is 87.7 Å². The topological polar surface area (TPSA) is 74.6 Å². The summed E-state index contributed by atoms with van der Waals surface area (Å²) in [4.78, 5) is 0.